The smallest absolute Gasteiger partial charge is 0.237 e. The van der Waals surface area contributed by atoms with E-state index in [4.69, 9.17) is 9.15 Å². The lowest BCUT2D eigenvalue weighted by atomic mass is 10.0. The minimum atomic E-state index is -0.659. The number of rotatable bonds is 9. The summed E-state index contributed by atoms with van der Waals surface area (Å²) in [5.74, 6) is 0.371. The fourth-order valence-corrected chi connectivity index (χ4v) is 5.73. The van der Waals surface area contributed by atoms with Gasteiger partial charge in [-0.3, -0.25) is 14.9 Å². The van der Waals surface area contributed by atoms with Crippen molar-refractivity contribution < 1.29 is 17.9 Å². The van der Waals surface area contributed by atoms with E-state index in [-0.39, 0.29) is 4.90 Å². The Morgan fingerprint density at radius 2 is 1.86 bits per heavy atom. The number of hydrogen-bond acceptors (Lipinski definition) is 9. The van der Waals surface area contributed by atoms with Crippen molar-refractivity contribution >= 4 is 28.5 Å². The molecule has 2 N–H and O–H groups in total. The second-order valence-electron chi connectivity index (χ2n) is 10.5. The van der Waals surface area contributed by atoms with Crippen LogP contribution in [0.1, 0.15) is 19.6 Å². The summed E-state index contributed by atoms with van der Waals surface area (Å²) in [6, 6.07) is 9.82. The molecular formula is C30H31F2N7O2S. The van der Waals surface area contributed by atoms with Crippen molar-refractivity contribution in [2.24, 2.45) is 0 Å². The normalized spacial score (nSPS) is 14.6. The molecule has 3 aromatic heterocycles. The quantitative estimate of drug-likeness (QED) is 0.194. The van der Waals surface area contributed by atoms with Crippen LogP contribution in [0.15, 0.2) is 64.3 Å². The van der Waals surface area contributed by atoms with Gasteiger partial charge in [-0.05, 0) is 61.7 Å². The summed E-state index contributed by atoms with van der Waals surface area (Å²) in [5.41, 5.74) is 3.79. The van der Waals surface area contributed by atoms with Gasteiger partial charge in [0, 0.05) is 61.0 Å². The highest BCUT2D eigenvalue weighted by Crippen LogP contribution is 2.36. The number of fused-ring (bicyclic) bond motifs is 1. The first-order valence-electron chi connectivity index (χ1n) is 13.7. The first-order valence-corrected chi connectivity index (χ1v) is 14.5. The highest BCUT2D eigenvalue weighted by atomic mass is 32.2. The third-order valence-electron chi connectivity index (χ3n) is 7.40. The van der Waals surface area contributed by atoms with Crippen molar-refractivity contribution in [1.29, 1.82) is 0 Å². The number of piperazine rings is 1. The number of nitrogens with one attached hydrogen (secondary N) is 2. The third kappa shape index (κ3) is 5.96. The molecule has 0 unspecified atom stereocenters. The first kappa shape index (κ1) is 28.1. The molecule has 9 nitrogen and oxygen atoms in total. The van der Waals surface area contributed by atoms with Crippen LogP contribution >= 0.6 is 11.9 Å². The summed E-state index contributed by atoms with van der Waals surface area (Å²) >= 11 is 1.01. The number of pyridine rings is 1. The summed E-state index contributed by atoms with van der Waals surface area (Å²) in [4.78, 5) is 14.2. The monoisotopic (exact) mass is 591 g/mol. The summed E-state index contributed by atoms with van der Waals surface area (Å²) < 4.78 is 42.3. The van der Waals surface area contributed by atoms with E-state index in [1.54, 1.807) is 18.6 Å². The second kappa shape index (κ2) is 12.1. The predicted molar refractivity (Wildman–Crippen MR) is 159 cm³/mol. The zero-order valence-corrected chi connectivity index (χ0v) is 24.3. The molecule has 0 amide bonds. The maximum absolute atomic E-state index is 14.2. The van der Waals surface area contributed by atoms with Crippen LogP contribution in [0.2, 0.25) is 0 Å². The number of hydrogen-bond donors (Lipinski definition) is 2. The van der Waals surface area contributed by atoms with Crippen molar-refractivity contribution in [2.75, 3.05) is 38.0 Å². The minimum absolute atomic E-state index is 0.242. The van der Waals surface area contributed by atoms with Gasteiger partial charge in [-0.1, -0.05) is 0 Å². The second-order valence-corrected chi connectivity index (χ2v) is 11.3. The van der Waals surface area contributed by atoms with E-state index >= 15 is 0 Å². The van der Waals surface area contributed by atoms with E-state index in [0.717, 1.165) is 77.5 Å². The van der Waals surface area contributed by atoms with Crippen molar-refractivity contribution in [1.82, 2.24) is 30.0 Å². The zero-order valence-electron chi connectivity index (χ0n) is 23.5. The Morgan fingerprint density at radius 1 is 1.02 bits per heavy atom. The average Bonchev–Trinajstić information content (AvgIpc) is 3.66. The largest absolute Gasteiger partial charge is 0.480 e. The number of oxazole rings is 1. The van der Waals surface area contributed by atoms with E-state index in [0.29, 0.717) is 30.0 Å². The Balaban J connectivity index is 1.26. The van der Waals surface area contributed by atoms with Crippen LogP contribution in [0.3, 0.4) is 0 Å². The topological polar surface area (TPSA) is 95.3 Å². The predicted octanol–water partition coefficient (Wildman–Crippen LogP) is 6.21. The van der Waals surface area contributed by atoms with E-state index in [2.05, 4.69) is 48.5 Å². The number of H-pyrrole nitrogens is 1. The van der Waals surface area contributed by atoms with E-state index < -0.39 is 11.6 Å². The average molecular weight is 592 g/mol. The Hall–Kier alpha value is -4.00. The van der Waals surface area contributed by atoms with E-state index in [1.807, 2.05) is 18.2 Å². The molecule has 1 aliphatic rings. The Morgan fingerprint density at radius 3 is 2.62 bits per heavy atom. The van der Waals surface area contributed by atoms with Gasteiger partial charge in [0.05, 0.1) is 36.5 Å². The molecule has 4 heterocycles. The molecular weight excluding hydrogens is 560 g/mol. The fraction of sp³-hybridized carbons (Fsp3) is 0.300. The molecule has 1 saturated heterocycles. The number of halogens is 2. The third-order valence-corrected chi connectivity index (χ3v) is 8.27. The fourth-order valence-electron chi connectivity index (χ4n) is 5.07. The molecule has 42 heavy (non-hydrogen) atoms. The lowest BCUT2D eigenvalue weighted by Crippen LogP contribution is -2.48. The highest BCUT2D eigenvalue weighted by molar-refractivity contribution is 8.00. The number of aromatic amines is 1. The van der Waals surface area contributed by atoms with Crippen LogP contribution in [0.5, 0.6) is 5.88 Å². The van der Waals surface area contributed by atoms with Crippen LogP contribution in [0.4, 0.5) is 14.5 Å². The maximum atomic E-state index is 14.2. The number of aromatic nitrogens is 4. The molecule has 6 rings (SSSR count). The molecule has 0 saturated carbocycles. The van der Waals surface area contributed by atoms with Gasteiger partial charge >= 0.3 is 0 Å². The molecule has 5 aromatic rings. The van der Waals surface area contributed by atoms with Gasteiger partial charge in [-0.2, -0.15) is 5.10 Å². The lowest BCUT2D eigenvalue weighted by molar-refractivity contribution is 0.0992. The number of methoxy groups -OCH3 is 1. The Bertz CT molecular complexity index is 1700. The Kier molecular flexibility index (Phi) is 8.09. The minimum Gasteiger partial charge on any atom is -0.480 e. The first-order chi connectivity index (χ1) is 20.4. The molecule has 0 atom stereocenters. The molecule has 2 aromatic carbocycles. The maximum Gasteiger partial charge on any atom is 0.237 e. The standard InChI is InChI=1S/C30H31F2N7O2S/c1-18(2)39-8-6-38(7-9-39)17-22-15-34-29(41-22)23-10-19(11-26-24(23)16-35-36-26)20-12-27(30(40-3)33-14-20)37-42-28-5-4-21(31)13-25(28)32/h4-5,10-16,18,37H,6-9,17H2,1-3H3,(H,35,36). The number of anilines is 1. The van der Waals surface area contributed by atoms with Gasteiger partial charge in [-0.25, -0.2) is 18.7 Å². The van der Waals surface area contributed by atoms with Crippen LogP contribution in [0, 0.1) is 11.6 Å². The van der Waals surface area contributed by atoms with Gasteiger partial charge < -0.3 is 13.9 Å². The zero-order chi connectivity index (χ0) is 29.2. The molecule has 0 spiro atoms. The summed E-state index contributed by atoms with van der Waals surface area (Å²) in [5, 5.41) is 8.18. The van der Waals surface area contributed by atoms with E-state index in [9.17, 15) is 8.78 Å². The van der Waals surface area contributed by atoms with Gasteiger partial charge in [0.2, 0.25) is 11.8 Å². The van der Waals surface area contributed by atoms with Crippen LogP contribution in [-0.2, 0) is 6.54 Å². The van der Waals surface area contributed by atoms with Crippen LogP contribution in [0.25, 0.3) is 33.5 Å². The van der Waals surface area contributed by atoms with Gasteiger partial charge in [0.1, 0.15) is 23.1 Å². The van der Waals surface area contributed by atoms with Crippen molar-refractivity contribution in [3.63, 3.8) is 0 Å². The van der Waals surface area contributed by atoms with Gasteiger partial charge in [-0.15, -0.1) is 0 Å². The molecule has 1 aliphatic heterocycles. The number of nitrogens with zero attached hydrogens (tertiary/aromatic N) is 5. The molecule has 0 aliphatic carbocycles. The molecule has 1 fully saturated rings. The number of ether oxygens (including phenoxy) is 1. The van der Waals surface area contributed by atoms with Crippen molar-refractivity contribution in [3.8, 4) is 28.5 Å². The van der Waals surface area contributed by atoms with Crippen LogP contribution in [-0.4, -0.2) is 69.3 Å². The van der Waals surface area contributed by atoms with Gasteiger partial charge in [0.25, 0.3) is 0 Å². The van der Waals surface area contributed by atoms with Crippen LogP contribution < -0.4 is 9.46 Å². The summed E-state index contributed by atoms with van der Waals surface area (Å²) in [6.45, 7) is 9.23. The van der Waals surface area contributed by atoms with Crippen molar-refractivity contribution in [2.45, 2.75) is 31.3 Å². The van der Waals surface area contributed by atoms with Crippen molar-refractivity contribution in [3.05, 3.63) is 72.4 Å². The highest BCUT2D eigenvalue weighted by Gasteiger charge is 2.21. The molecule has 12 heteroatoms. The number of benzene rings is 2. The Labute approximate surface area is 246 Å². The summed E-state index contributed by atoms with van der Waals surface area (Å²) in [7, 11) is 1.51. The molecule has 218 valence electrons. The SMILES string of the molecule is COc1ncc(-c2cc(-c3ncc(CN4CCN(C(C)C)CC4)o3)c3cn[nH]c3c2)cc1NSc1ccc(F)cc1F. The summed E-state index contributed by atoms with van der Waals surface area (Å²) in [6.07, 6.45) is 5.26. The molecule has 0 bridgehead atoms. The lowest BCUT2D eigenvalue weighted by Gasteiger charge is -2.36. The van der Waals surface area contributed by atoms with E-state index in [1.165, 1.54) is 19.2 Å². The molecule has 0 radical (unpaired) electrons. The van der Waals surface area contributed by atoms with Gasteiger partial charge in [0.15, 0.2) is 0 Å².